The van der Waals surface area contributed by atoms with Crippen LogP contribution in [0.4, 0.5) is 0 Å². The first-order valence-electron chi connectivity index (χ1n) is 5.53. The fourth-order valence-electron chi connectivity index (χ4n) is 4.08. The van der Waals surface area contributed by atoms with Crippen molar-refractivity contribution in [1.82, 2.24) is 0 Å². The van der Waals surface area contributed by atoms with E-state index in [9.17, 15) is 10.1 Å². The molecule has 3 rings (SSSR count). The smallest absolute Gasteiger partial charge is 0.327 e. The maximum absolute atomic E-state index is 11.9. The average Bonchev–Trinajstić information content (AvgIpc) is 2.68. The SMILES string of the molecule is CC1(C)C2CC3C(C#N)(C2)C(=O)OC31C. The lowest BCUT2D eigenvalue weighted by Crippen LogP contribution is -2.48. The summed E-state index contributed by atoms with van der Waals surface area (Å²) in [6.07, 6.45) is 1.68. The molecule has 0 aromatic rings. The van der Waals surface area contributed by atoms with Crippen molar-refractivity contribution in [3.05, 3.63) is 0 Å². The highest BCUT2D eigenvalue weighted by Crippen LogP contribution is 2.72. The molecule has 4 unspecified atom stereocenters. The van der Waals surface area contributed by atoms with Crippen molar-refractivity contribution < 1.29 is 9.53 Å². The highest BCUT2D eigenvalue weighted by Gasteiger charge is 2.78. The van der Waals surface area contributed by atoms with Gasteiger partial charge in [0.05, 0.1) is 6.07 Å². The van der Waals surface area contributed by atoms with Crippen LogP contribution >= 0.6 is 0 Å². The molecule has 1 saturated heterocycles. The molecule has 4 atom stereocenters. The van der Waals surface area contributed by atoms with Gasteiger partial charge in [0.15, 0.2) is 5.41 Å². The number of hydrogen-bond acceptors (Lipinski definition) is 3. The van der Waals surface area contributed by atoms with E-state index in [1.807, 2.05) is 6.92 Å². The van der Waals surface area contributed by atoms with Crippen molar-refractivity contribution in [2.75, 3.05) is 0 Å². The molecule has 3 heteroatoms. The van der Waals surface area contributed by atoms with Crippen molar-refractivity contribution in [3.63, 3.8) is 0 Å². The second kappa shape index (κ2) is 2.07. The van der Waals surface area contributed by atoms with E-state index in [1.54, 1.807) is 0 Å². The van der Waals surface area contributed by atoms with E-state index < -0.39 is 11.0 Å². The van der Waals surface area contributed by atoms with Gasteiger partial charge in [-0.1, -0.05) is 13.8 Å². The molecule has 0 amide bonds. The first-order valence-corrected chi connectivity index (χ1v) is 5.53. The molecule has 3 nitrogen and oxygen atoms in total. The molecule has 2 bridgehead atoms. The Bertz CT molecular complexity index is 408. The predicted molar refractivity (Wildman–Crippen MR) is 52.5 cm³/mol. The Labute approximate surface area is 89.4 Å². The zero-order valence-electron chi connectivity index (χ0n) is 9.33. The molecular formula is C12H15NO2. The molecule has 0 spiro atoms. The molecule has 0 radical (unpaired) electrons. The third kappa shape index (κ3) is 0.649. The highest BCUT2D eigenvalue weighted by molar-refractivity contribution is 5.85. The molecule has 2 saturated carbocycles. The second-order valence-corrected chi connectivity index (χ2v) is 5.99. The number of fused-ring (bicyclic) bond motifs is 1. The van der Waals surface area contributed by atoms with Crippen LogP contribution in [-0.2, 0) is 9.53 Å². The Morgan fingerprint density at radius 2 is 2.13 bits per heavy atom. The maximum Gasteiger partial charge on any atom is 0.327 e. The number of carbonyl (C=O) groups is 1. The topological polar surface area (TPSA) is 50.1 Å². The van der Waals surface area contributed by atoms with Crippen molar-refractivity contribution in [2.24, 2.45) is 22.7 Å². The van der Waals surface area contributed by atoms with Crippen LogP contribution in [0.5, 0.6) is 0 Å². The summed E-state index contributed by atoms with van der Waals surface area (Å²) < 4.78 is 5.57. The van der Waals surface area contributed by atoms with Gasteiger partial charge in [-0.05, 0) is 25.7 Å². The second-order valence-electron chi connectivity index (χ2n) is 5.99. The van der Waals surface area contributed by atoms with Gasteiger partial charge in [0.25, 0.3) is 0 Å². The Kier molecular flexibility index (Phi) is 1.27. The van der Waals surface area contributed by atoms with E-state index in [0.717, 1.165) is 6.42 Å². The summed E-state index contributed by atoms with van der Waals surface area (Å²) in [5, 5.41) is 9.27. The fraction of sp³-hybridized carbons (Fsp3) is 0.833. The minimum Gasteiger partial charge on any atom is -0.457 e. The van der Waals surface area contributed by atoms with E-state index >= 15 is 0 Å². The number of nitrogens with zero attached hydrogens (tertiary/aromatic N) is 1. The lowest BCUT2D eigenvalue weighted by Gasteiger charge is -2.43. The molecule has 3 aliphatic rings. The van der Waals surface area contributed by atoms with Crippen LogP contribution in [0.15, 0.2) is 0 Å². The first kappa shape index (κ1) is 9.21. The molecule has 0 aromatic heterocycles. The maximum atomic E-state index is 11.9. The third-order valence-electron chi connectivity index (χ3n) is 5.52. The zero-order chi connectivity index (χ0) is 11.1. The molecular weight excluding hydrogens is 190 g/mol. The predicted octanol–water partition coefficient (Wildman–Crippen LogP) is 1.88. The standard InChI is InChI=1S/C12H15NO2/c1-10(2)7-4-8-11(10,3)15-9(14)12(8,5-7)6-13/h7-8H,4-5H2,1-3H3. The van der Waals surface area contributed by atoms with Crippen LogP contribution in [0.1, 0.15) is 33.6 Å². The van der Waals surface area contributed by atoms with Crippen LogP contribution in [0.3, 0.4) is 0 Å². The minimum absolute atomic E-state index is 0.0180. The molecule has 1 heterocycles. The number of esters is 1. The number of rotatable bonds is 0. The monoisotopic (exact) mass is 205 g/mol. The largest absolute Gasteiger partial charge is 0.457 e. The van der Waals surface area contributed by atoms with Gasteiger partial charge in [-0.2, -0.15) is 5.26 Å². The summed E-state index contributed by atoms with van der Waals surface area (Å²) in [5.74, 6) is 0.298. The summed E-state index contributed by atoms with van der Waals surface area (Å²) in [5.41, 5.74) is -1.21. The van der Waals surface area contributed by atoms with Crippen molar-refractivity contribution in [2.45, 2.75) is 39.2 Å². The van der Waals surface area contributed by atoms with Crippen molar-refractivity contribution >= 4 is 5.97 Å². The van der Waals surface area contributed by atoms with Gasteiger partial charge in [0.1, 0.15) is 5.60 Å². The van der Waals surface area contributed by atoms with Crippen LogP contribution in [0.25, 0.3) is 0 Å². The Balaban J connectivity index is 2.22. The average molecular weight is 205 g/mol. The van der Waals surface area contributed by atoms with Crippen LogP contribution in [0.2, 0.25) is 0 Å². The van der Waals surface area contributed by atoms with Gasteiger partial charge in [-0.3, -0.25) is 4.79 Å². The van der Waals surface area contributed by atoms with Crippen LogP contribution < -0.4 is 0 Å². The van der Waals surface area contributed by atoms with Gasteiger partial charge in [0, 0.05) is 11.3 Å². The normalized spacial score (nSPS) is 54.1. The molecule has 80 valence electrons. The van der Waals surface area contributed by atoms with E-state index in [-0.39, 0.29) is 17.3 Å². The lowest BCUT2D eigenvalue weighted by atomic mass is 9.60. The molecule has 2 aliphatic carbocycles. The van der Waals surface area contributed by atoms with Crippen LogP contribution in [0, 0.1) is 34.0 Å². The van der Waals surface area contributed by atoms with E-state index in [1.165, 1.54) is 0 Å². The van der Waals surface area contributed by atoms with Gasteiger partial charge < -0.3 is 4.74 Å². The van der Waals surface area contributed by atoms with Crippen molar-refractivity contribution in [3.8, 4) is 6.07 Å². The van der Waals surface area contributed by atoms with Crippen LogP contribution in [-0.4, -0.2) is 11.6 Å². The number of ether oxygens (including phenoxy) is 1. The fourth-order valence-corrected chi connectivity index (χ4v) is 4.08. The minimum atomic E-state index is -0.811. The quantitative estimate of drug-likeness (QED) is 0.567. The Hall–Kier alpha value is -1.04. The van der Waals surface area contributed by atoms with Gasteiger partial charge in [-0.25, -0.2) is 0 Å². The summed E-state index contributed by atoms with van der Waals surface area (Å²) in [6, 6.07) is 2.24. The van der Waals surface area contributed by atoms with Crippen molar-refractivity contribution in [1.29, 1.82) is 5.26 Å². The molecule has 1 aliphatic heterocycles. The van der Waals surface area contributed by atoms with E-state index in [4.69, 9.17) is 4.74 Å². The lowest BCUT2D eigenvalue weighted by molar-refractivity contribution is -0.156. The summed E-state index contributed by atoms with van der Waals surface area (Å²) in [7, 11) is 0. The number of hydrogen-bond donors (Lipinski definition) is 0. The molecule has 15 heavy (non-hydrogen) atoms. The molecule has 3 fully saturated rings. The third-order valence-corrected chi connectivity index (χ3v) is 5.52. The first-order chi connectivity index (χ1) is 6.88. The van der Waals surface area contributed by atoms with E-state index in [0.29, 0.717) is 12.3 Å². The number of carbonyl (C=O) groups excluding carboxylic acids is 1. The molecule has 0 aromatic carbocycles. The van der Waals surface area contributed by atoms with Gasteiger partial charge >= 0.3 is 5.97 Å². The summed E-state index contributed by atoms with van der Waals surface area (Å²) >= 11 is 0. The Morgan fingerprint density at radius 1 is 1.47 bits per heavy atom. The zero-order valence-corrected chi connectivity index (χ0v) is 9.33. The molecule has 0 N–H and O–H groups in total. The van der Waals surface area contributed by atoms with E-state index in [2.05, 4.69) is 19.9 Å². The highest BCUT2D eigenvalue weighted by atomic mass is 16.6. The summed E-state index contributed by atoms with van der Waals surface area (Å²) in [4.78, 5) is 11.9. The van der Waals surface area contributed by atoms with Gasteiger partial charge in [0.2, 0.25) is 0 Å². The Morgan fingerprint density at radius 3 is 2.67 bits per heavy atom. The number of nitriles is 1. The summed E-state index contributed by atoms with van der Waals surface area (Å²) in [6.45, 7) is 6.34. The van der Waals surface area contributed by atoms with Gasteiger partial charge in [-0.15, -0.1) is 0 Å².